The van der Waals surface area contributed by atoms with Gasteiger partial charge in [-0.2, -0.15) is 0 Å². The minimum Gasteiger partial charge on any atom is -0.312 e. The number of carbonyl (C=O) groups excluding carboxylic acids is 1. The van der Waals surface area contributed by atoms with Crippen LogP contribution in [0, 0.1) is 0 Å². The molecule has 0 saturated carbocycles. The zero-order chi connectivity index (χ0) is 16.6. The van der Waals surface area contributed by atoms with Gasteiger partial charge in [-0.25, -0.2) is 8.42 Å². The molecule has 23 heavy (non-hydrogen) atoms. The molecule has 122 valence electrons. The Morgan fingerprint density at radius 3 is 2.61 bits per heavy atom. The van der Waals surface area contributed by atoms with Crippen molar-refractivity contribution in [3.63, 3.8) is 0 Å². The summed E-state index contributed by atoms with van der Waals surface area (Å²) in [5, 5.41) is 0. The maximum Gasteiger partial charge on any atom is 0.264 e. The highest BCUT2D eigenvalue weighted by atomic mass is 35.5. The van der Waals surface area contributed by atoms with Crippen LogP contribution in [0.25, 0.3) is 0 Å². The Bertz CT molecular complexity index is 865. The molecule has 1 aliphatic rings. The maximum atomic E-state index is 12.4. The standard InChI is InChI=1S/C14H12Cl2N2O3S2/c15-12-8-11(14(16)22-12)23(20,21)17-9-3-1-4-10(7-9)18-6-2-5-13(18)19/h1,3-4,7-8,17H,2,5-6H2. The Balaban J connectivity index is 1.88. The number of nitrogens with zero attached hydrogens (tertiary/aromatic N) is 1. The minimum atomic E-state index is -3.84. The minimum absolute atomic E-state index is 0.0395. The van der Waals surface area contributed by atoms with E-state index in [0.29, 0.717) is 28.7 Å². The predicted octanol–water partition coefficient (Wildman–Crippen LogP) is 3.98. The second-order valence-corrected chi connectivity index (χ2v) is 8.93. The Hall–Kier alpha value is -1.28. The second-order valence-electron chi connectivity index (χ2n) is 4.99. The first-order valence-electron chi connectivity index (χ1n) is 6.75. The summed E-state index contributed by atoms with van der Waals surface area (Å²) >= 11 is 12.7. The van der Waals surface area contributed by atoms with Gasteiger partial charge >= 0.3 is 0 Å². The van der Waals surface area contributed by atoms with E-state index in [4.69, 9.17) is 23.2 Å². The molecular weight excluding hydrogens is 379 g/mol. The summed E-state index contributed by atoms with van der Waals surface area (Å²) in [6, 6.07) is 8.02. The van der Waals surface area contributed by atoms with Crippen LogP contribution in [-0.2, 0) is 14.8 Å². The predicted molar refractivity (Wildman–Crippen MR) is 93.2 cm³/mol. The summed E-state index contributed by atoms with van der Waals surface area (Å²) in [5.41, 5.74) is 1.03. The number of sulfonamides is 1. The molecule has 1 amide bonds. The lowest BCUT2D eigenvalue weighted by Gasteiger charge is -2.17. The topological polar surface area (TPSA) is 66.5 Å². The van der Waals surface area contributed by atoms with E-state index < -0.39 is 10.0 Å². The van der Waals surface area contributed by atoms with Gasteiger partial charge in [-0.15, -0.1) is 11.3 Å². The zero-order valence-electron chi connectivity index (χ0n) is 11.8. The van der Waals surface area contributed by atoms with E-state index in [1.165, 1.54) is 6.07 Å². The number of amides is 1. The van der Waals surface area contributed by atoms with Crippen LogP contribution in [0.15, 0.2) is 35.2 Å². The Morgan fingerprint density at radius 2 is 2.00 bits per heavy atom. The molecule has 1 aromatic carbocycles. The van der Waals surface area contributed by atoms with E-state index in [0.717, 1.165) is 17.8 Å². The van der Waals surface area contributed by atoms with Gasteiger partial charge in [0.25, 0.3) is 10.0 Å². The number of halogens is 2. The Morgan fingerprint density at radius 1 is 1.22 bits per heavy atom. The third kappa shape index (κ3) is 3.47. The molecule has 0 bridgehead atoms. The third-order valence-electron chi connectivity index (χ3n) is 3.40. The first kappa shape index (κ1) is 16.6. The molecule has 2 heterocycles. The van der Waals surface area contributed by atoms with Crippen molar-refractivity contribution in [3.8, 4) is 0 Å². The van der Waals surface area contributed by atoms with Gasteiger partial charge in [-0.05, 0) is 30.7 Å². The van der Waals surface area contributed by atoms with Crippen molar-refractivity contribution in [3.05, 3.63) is 39.0 Å². The lowest BCUT2D eigenvalue weighted by atomic mass is 10.2. The van der Waals surface area contributed by atoms with Crippen molar-refractivity contribution in [2.75, 3.05) is 16.2 Å². The van der Waals surface area contributed by atoms with Gasteiger partial charge in [0.1, 0.15) is 9.23 Å². The number of carbonyl (C=O) groups is 1. The molecule has 1 aromatic heterocycles. The average Bonchev–Trinajstić information content (AvgIpc) is 3.04. The number of hydrogen-bond acceptors (Lipinski definition) is 4. The van der Waals surface area contributed by atoms with Gasteiger partial charge in [0.15, 0.2) is 0 Å². The molecule has 1 N–H and O–H groups in total. The third-order valence-corrected chi connectivity index (χ3v) is 6.53. The fourth-order valence-electron chi connectivity index (χ4n) is 2.38. The highest BCUT2D eigenvalue weighted by Crippen LogP contribution is 2.35. The summed E-state index contributed by atoms with van der Waals surface area (Å²) in [7, 11) is -3.84. The molecule has 9 heteroatoms. The first-order valence-corrected chi connectivity index (χ1v) is 9.80. The summed E-state index contributed by atoms with van der Waals surface area (Å²) in [6.07, 6.45) is 1.32. The fraction of sp³-hybridized carbons (Fsp3) is 0.214. The number of anilines is 2. The Kier molecular flexibility index (Phi) is 4.55. The van der Waals surface area contributed by atoms with Gasteiger partial charge in [0, 0.05) is 18.7 Å². The molecule has 0 aliphatic carbocycles. The molecular formula is C14H12Cl2N2O3S2. The molecule has 1 fully saturated rings. The van der Waals surface area contributed by atoms with Crippen LogP contribution in [0.5, 0.6) is 0 Å². The number of benzene rings is 1. The number of rotatable bonds is 4. The van der Waals surface area contributed by atoms with E-state index in [1.807, 2.05) is 0 Å². The van der Waals surface area contributed by atoms with Crippen molar-refractivity contribution in [2.45, 2.75) is 17.7 Å². The van der Waals surface area contributed by atoms with Gasteiger partial charge in [-0.3, -0.25) is 9.52 Å². The molecule has 0 atom stereocenters. The van der Waals surface area contributed by atoms with Crippen molar-refractivity contribution in [1.82, 2.24) is 0 Å². The fourth-order valence-corrected chi connectivity index (χ4v) is 5.58. The van der Waals surface area contributed by atoms with Crippen molar-refractivity contribution in [1.29, 1.82) is 0 Å². The molecule has 0 spiro atoms. The van der Waals surface area contributed by atoms with E-state index in [2.05, 4.69) is 4.72 Å². The van der Waals surface area contributed by atoms with Gasteiger partial charge in [0.05, 0.1) is 10.0 Å². The van der Waals surface area contributed by atoms with Crippen LogP contribution in [0.3, 0.4) is 0 Å². The Labute approximate surface area is 147 Å². The smallest absolute Gasteiger partial charge is 0.264 e. The zero-order valence-corrected chi connectivity index (χ0v) is 14.9. The SMILES string of the molecule is O=C1CCCN1c1cccc(NS(=O)(=O)c2cc(Cl)sc2Cl)c1. The van der Waals surface area contributed by atoms with Crippen molar-refractivity contribution in [2.24, 2.45) is 0 Å². The molecule has 5 nitrogen and oxygen atoms in total. The van der Waals surface area contributed by atoms with Crippen LogP contribution in [0.1, 0.15) is 12.8 Å². The van der Waals surface area contributed by atoms with E-state index >= 15 is 0 Å². The highest BCUT2D eigenvalue weighted by molar-refractivity contribution is 7.93. The first-order chi connectivity index (χ1) is 10.9. The van der Waals surface area contributed by atoms with Crippen LogP contribution >= 0.6 is 34.5 Å². The van der Waals surface area contributed by atoms with Crippen LogP contribution in [0.4, 0.5) is 11.4 Å². The molecule has 1 saturated heterocycles. The highest BCUT2D eigenvalue weighted by Gasteiger charge is 2.24. The number of hydrogen-bond donors (Lipinski definition) is 1. The van der Waals surface area contributed by atoms with Crippen LogP contribution in [0.2, 0.25) is 8.67 Å². The number of nitrogens with one attached hydrogen (secondary N) is 1. The molecule has 3 rings (SSSR count). The summed E-state index contributed by atoms with van der Waals surface area (Å²) in [5.74, 6) is 0.0395. The average molecular weight is 391 g/mol. The van der Waals surface area contributed by atoms with Gasteiger partial charge in [-0.1, -0.05) is 29.3 Å². The van der Waals surface area contributed by atoms with E-state index in [-0.39, 0.29) is 15.1 Å². The summed E-state index contributed by atoms with van der Waals surface area (Å²) < 4.78 is 27.7. The summed E-state index contributed by atoms with van der Waals surface area (Å²) in [4.78, 5) is 13.4. The second kappa shape index (κ2) is 6.32. The van der Waals surface area contributed by atoms with Crippen LogP contribution in [-0.4, -0.2) is 20.9 Å². The lowest BCUT2D eigenvalue weighted by molar-refractivity contribution is -0.117. The number of thiophene rings is 1. The summed E-state index contributed by atoms with van der Waals surface area (Å²) in [6.45, 7) is 0.640. The molecule has 0 unspecified atom stereocenters. The van der Waals surface area contributed by atoms with Crippen LogP contribution < -0.4 is 9.62 Å². The molecule has 0 radical (unpaired) electrons. The van der Waals surface area contributed by atoms with Gasteiger partial charge in [0.2, 0.25) is 5.91 Å². The lowest BCUT2D eigenvalue weighted by Crippen LogP contribution is -2.23. The largest absolute Gasteiger partial charge is 0.312 e. The molecule has 2 aromatic rings. The normalized spacial score (nSPS) is 15.2. The quantitative estimate of drug-likeness (QED) is 0.857. The molecule has 1 aliphatic heterocycles. The van der Waals surface area contributed by atoms with Gasteiger partial charge < -0.3 is 4.90 Å². The van der Waals surface area contributed by atoms with Crippen molar-refractivity contribution < 1.29 is 13.2 Å². The maximum absolute atomic E-state index is 12.4. The van der Waals surface area contributed by atoms with Crippen molar-refractivity contribution >= 4 is 61.8 Å². The van der Waals surface area contributed by atoms with E-state index in [1.54, 1.807) is 29.2 Å². The monoisotopic (exact) mass is 390 g/mol. The van der Waals surface area contributed by atoms with E-state index in [9.17, 15) is 13.2 Å².